The molecule has 0 aromatic heterocycles. The summed E-state index contributed by atoms with van der Waals surface area (Å²) < 4.78 is -2.17. The van der Waals surface area contributed by atoms with Crippen molar-refractivity contribution in [1.82, 2.24) is 0 Å². The molecule has 10 heavy (non-hydrogen) atoms. The van der Waals surface area contributed by atoms with E-state index in [1.165, 1.54) is 13.8 Å². The van der Waals surface area contributed by atoms with E-state index in [1.807, 2.05) is 0 Å². The van der Waals surface area contributed by atoms with Crippen molar-refractivity contribution >= 4 is 69.6 Å². The van der Waals surface area contributed by atoms with E-state index in [-0.39, 0.29) is 0 Å². The van der Waals surface area contributed by atoms with Gasteiger partial charge in [-0.3, -0.25) is 0 Å². The third kappa shape index (κ3) is 246. The highest BCUT2D eigenvalue weighted by molar-refractivity contribution is 6.67. The Morgan fingerprint density at radius 2 is 0.600 bits per heavy atom. The average Bonchev–Trinajstić information content (AvgIpc) is 1.12. The zero-order valence-corrected chi connectivity index (χ0v) is 9.80. The molecule has 0 atom stereocenters. The summed E-state index contributed by atoms with van der Waals surface area (Å²) in [6.45, 7) is 2.97. The van der Waals surface area contributed by atoms with E-state index in [9.17, 15) is 0 Å². The van der Waals surface area contributed by atoms with E-state index in [0.717, 1.165) is 0 Å². The molecule has 0 amide bonds. The highest BCUT2D eigenvalue weighted by atomic mass is 35.6. The number of alkyl halides is 6. The Kier molecular flexibility index (Phi) is 7.70. The summed E-state index contributed by atoms with van der Waals surface area (Å²) in [4.78, 5) is 0. The molecule has 0 saturated heterocycles. The van der Waals surface area contributed by atoms with Crippen LogP contribution in [0, 0.1) is 0 Å². The molecule has 0 aliphatic rings. The van der Waals surface area contributed by atoms with Gasteiger partial charge in [-0.15, -0.1) is 0 Å². The van der Waals surface area contributed by atoms with Crippen LogP contribution in [0.3, 0.4) is 0 Å². The van der Waals surface area contributed by atoms with Crippen LogP contribution in [0.1, 0.15) is 13.8 Å². The van der Waals surface area contributed by atoms with Crippen molar-refractivity contribution in [2.45, 2.75) is 21.4 Å². The summed E-state index contributed by atoms with van der Waals surface area (Å²) in [5.41, 5.74) is 0. The Bertz CT molecular complexity index is 52.7. The first kappa shape index (κ1) is 14.3. The Balaban J connectivity index is 0. The van der Waals surface area contributed by atoms with Gasteiger partial charge in [0.05, 0.1) is 0 Å². The highest BCUT2D eigenvalue weighted by Crippen LogP contribution is 2.23. The minimum absolute atomic E-state index is 1.08. The minimum atomic E-state index is -1.08. The lowest BCUT2D eigenvalue weighted by Gasteiger charge is -1.94. The van der Waals surface area contributed by atoms with Crippen LogP contribution >= 0.6 is 69.6 Å². The van der Waals surface area contributed by atoms with Gasteiger partial charge in [-0.1, -0.05) is 69.6 Å². The van der Waals surface area contributed by atoms with Gasteiger partial charge in [0, 0.05) is 0 Å². The molecule has 0 nitrogen and oxygen atoms in total. The van der Waals surface area contributed by atoms with Crippen molar-refractivity contribution in [2.24, 2.45) is 0 Å². The zero-order valence-electron chi connectivity index (χ0n) is 5.27. The summed E-state index contributed by atoms with van der Waals surface area (Å²) in [5.74, 6) is 0. The quantitative estimate of drug-likeness (QED) is 0.555. The SMILES string of the molecule is CC(Cl)(Cl)Cl.CC(Cl)(Cl)Cl. The van der Waals surface area contributed by atoms with E-state index in [1.54, 1.807) is 0 Å². The molecule has 0 fully saturated rings. The Morgan fingerprint density at radius 3 is 0.600 bits per heavy atom. The molecule has 64 valence electrons. The van der Waals surface area contributed by atoms with Crippen molar-refractivity contribution in [3.05, 3.63) is 0 Å². The molecular formula is C4H6Cl6. The highest BCUT2D eigenvalue weighted by Gasteiger charge is 2.07. The molecule has 0 bridgehead atoms. The number of rotatable bonds is 0. The lowest BCUT2D eigenvalue weighted by atomic mass is 10.9. The van der Waals surface area contributed by atoms with E-state index in [4.69, 9.17) is 69.6 Å². The van der Waals surface area contributed by atoms with Gasteiger partial charge >= 0.3 is 0 Å². The lowest BCUT2D eigenvalue weighted by molar-refractivity contribution is 1.27. The van der Waals surface area contributed by atoms with Crippen LogP contribution in [0.5, 0.6) is 0 Å². The third-order valence-electron chi connectivity index (χ3n) is 0. The predicted molar refractivity (Wildman–Crippen MR) is 51.9 cm³/mol. The summed E-state index contributed by atoms with van der Waals surface area (Å²) in [6.07, 6.45) is 0. The second kappa shape index (κ2) is 5.40. The molecule has 0 radical (unpaired) electrons. The topological polar surface area (TPSA) is 0 Å². The van der Waals surface area contributed by atoms with Gasteiger partial charge in [0.25, 0.3) is 0 Å². The molecule has 0 rings (SSSR count). The Hall–Kier alpha value is 1.74. The van der Waals surface area contributed by atoms with Gasteiger partial charge in [-0.25, -0.2) is 0 Å². The van der Waals surface area contributed by atoms with Crippen LogP contribution in [0.25, 0.3) is 0 Å². The van der Waals surface area contributed by atoms with Crippen LogP contribution in [0.4, 0.5) is 0 Å². The summed E-state index contributed by atoms with van der Waals surface area (Å²) in [5, 5.41) is 0. The second-order valence-electron chi connectivity index (χ2n) is 1.56. The Labute approximate surface area is 90.7 Å². The molecule has 0 N–H and O–H groups in total. The predicted octanol–water partition coefficient (Wildman–Crippen LogP) is 4.75. The van der Waals surface area contributed by atoms with E-state index < -0.39 is 7.59 Å². The maximum atomic E-state index is 5.06. The van der Waals surface area contributed by atoms with Gasteiger partial charge in [-0.05, 0) is 13.8 Å². The largest absolute Gasteiger partial charge is 0.187 e. The van der Waals surface area contributed by atoms with Gasteiger partial charge < -0.3 is 0 Å². The fourth-order valence-corrected chi connectivity index (χ4v) is 0. The molecule has 0 aliphatic carbocycles. The van der Waals surface area contributed by atoms with Crippen LogP contribution < -0.4 is 0 Å². The first-order valence-corrected chi connectivity index (χ1v) is 4.40. The molecule has 0 unspecified atom stereocenters. The van der Waals surface area contributed by atoms with E-state index in [2.05, 4.69) is 0 Å². The zero-order chi connectivity index (χ0) is 9.00. The smallest absolute Gasteiger partial charge is 0.0840 e. The molecular weight excluding hydrogens is 261 g/mol. The normalized spacial score (nSPS) is 12.0. The van der Waals surface area contributed by atoms with Crippen LogP contribution in [0.2, 0.25) is 0 Å². The van der Waals surface area contributed by atoms with Crippen LogP contribution in [0.15, 0.2) is 0 Å². The summed E-state index contributed by atoms with van der Waals surface area (Å²) in [7, 11) is 0. The molecule has 0 aromatic carbocycles. The van der Waals surface area contributed by atoms with Crippen molar-refractivity contribution in [2.75, 3.05) is 0 Å². The third-order valence-corrected chi connectivity index (χ3v) is 0. The Morgan fingerprint density at radius 1 is 0.600 bits per heavy atom. The monoisotopic (exact) mass is 264 g/mol. The number of hydrogen-bond donors (Lipinski definition) is 0. The standard InChI is InChI=1S/2C2H3Cl3/c2*1-2(3,4)5/h2*1H3. The fourth-order valence-electron chi connectivity index (χ4n) is 0. The average molecular weight is 267 g/mol. The van der Waals surface area contributed by atoms with Crippen molar-refractivity contribution in [3.8, 4) is 0 Å². The first-order chi connectivity index (χ1) is 4.00. The second-order valence-corrected chi connectivity index (χ2v) is 7.26. The number of hydrogen-bond acceptors (Lipinski definition) is 0. The first-order valence-electron chi connectivity index (χ1n) is 2.13. The lowest BCUT2D eigenvalue weighted by Crippen LogP contribution is -1.87. The van der Waals surface area contributed by atoms with Crippen LogP contribution in [-0.2, 0) is 0 Å². The fraction of sp³-hybridized carbons (Fsp3) is 1.00. The maximum absolute atomic E-state index is 5.06. The summed E-state index contributed by atoms with van der Waals surface area (Å²) >= 11 is 30.4. The van der Waals surface area contributed by atoms with Crippen LogP contribution in [-0.4, -0.2) is 7.59 Å². The van der Waals surface area contributed by atoms with Gasteiger partial charge in [0.2, 0.25) is 0 Å². The van der Waals surface area contributed by atoms with Crippen molar-refractivity contribution in [3.63, 3.8) is 0 Å². The van der Waals surface area contributed by atoms with E-state index >= 15 is 0 Å². The van der Waals surface area contributed by atoms with Gasteiger partial charge in [0.1, 0.15) is 0 Å². The molecule has 0 spiro atoms. The summed E-state index contributed by atoms with van der Waals surface area (Å²) in [6, 6.07) is 0. The molecule has 0 aliphatic heterocycles. The minimum Gasteiger partial charge on any atom is -0.0840 e. The van der Waals surface area contributed by atoms with E-state index in [0.29, 0.717) is 0 Å². The molecule has 6 heteroatoms. The molecule has 0 aromatic rings. The molecule has 0 heterocycles. The molecule has 0 saturated carbocycles. The number of halogens is 6. The maximum Gasteiger partial charge on any atom is 0.187 e. The van der Waals surface area contributed by atoms with Gasteiger partial charge in [-0.2, -0.15) is 0 Å². The van der Waals surface area contributed by atoms with Gasteiger partial charge in [0.15, 0.2) is 7.59 Å². The van der Waals surface area contributed by atoms with Crippen molar-refractivity contribution in [1.29, 1.82) is 0 Å². The van der Waals surface area contributed by atoms with Crippen molar-refractivity contribution < 1.29 is 0 Å².